The number of nitrogens with two attached hydrogens (primary N) is 1. The number of rotatable bonds is 2. The fraction of sp³-hybridized carbons (Fsp3) is 0.176. The molecule has 0 spiro atoms. The summed E-state index contributed by atoms with van der Waals surface area (Å²) in [5.74, 6) is 0. The normalized spacial score (nSPS) is 11.4. The van der Waals surface area contributed by atoms with Gasteiger partial charge in [0.25, 0.3) is 0 Å². The van der Waals surface area contributed by atoms with Crippen LogP contribution in [0.5, 0.6) is 0 Å². The standard InChI is InChI=1S/C17H16N4OS/c1-8-5-12-13(6-9(8)2)22-16(19-12)21-17-20-15-10(3)4-11(18)7-14(15)23-17/h4-7H,18H2,1-3H3,(H,19,20,21). The second kappa shape index (κ2) is 4.96. The average molecular weight is 324 g/mol. The van der Waals surface area contributed by atoms with Crippen LogP contribution in [0, 0.1) is 20.8 Å². The zero-order valence-electron chi connectivity index (χ0n) is 13.1. The van der Waals surface area contributed by atoms with Gasteiger partial charge in [-0.05, 0) is 61.7 Å². The molecule has 2 heterocycles. The Balaban J connectivity index is 1.74. The van der Waals surface area contributed by atoms with E-state index in [1.807, 2.05) is 31.2 Å². The van der Waals surface area contributed by atoms with Gasteiger partial charge in [-0.1, -0.05) is 11.3 Å². The maximum absolute atomic E-state index is 5.89. The molecule has 0 aliphatic rings. The molecule has 0 saturated heterocycles. The molecule has 0 aliphatic heterocycles. The Bertz CT molecular complexity index is 1010. The van der Waals surface area contributed by atoms with Crippen LogP contribution in [-0.2, 0) is 0 Å². The highest BCUT2D eigenvalue weighted by Gasteiger charge is 2.11. The van der Waals surface area contributed by atoms with E-state index in [0.717, 1.165) is 37.7 Å². The van der Waals surface area contributed by atoms with Gasteiger partial charge in [0.15, 0.2) is 10.7 Å². The van der Waals surface area contributed by atoms with Crippen molar-refractivity contribution < 1.29 is 4.42 Å². The summed E-state index contributed by atoms with van der Waals surface area (Å²) >= 11 is 1.53. The van der Waals surface area contributed by atoms with Crippen LogP contribution in [-0.4, -0.2) is 9.97 Å². The second-order valence-corrected chi connectivity index (χ2v) is 6.78. The third kappa shape index (κ3) is 2.41. The summed E-state index contributed by atoms with van der Waals surface area (Å²) in [5, 5.41) is 3.90. The van der Waals surface area contributed by atoms with Crippen LogP contribution in [0.25, 0.3) is 21.3 Å². The molecule has 0 radical (unpaired) electrons. The lowest BCUT2D eigenvalue weighted by Crippen LogP contribution is -1.89. The predicted octanol–water partition coefficient (Wildman–Crippen LogP) is 4.69. The molecule has 3 N–H and O–H groups in total. The van der Waals surface area contributed by atoms with Crippen LogP contribution in [0.15, 0.2) is 28.7 Å². The molecule has 0 atom stereocenters. The van der Waals surface area contributed by atoms with Crippen molar-refractivity contribution in [2.45, 2.75) is 20.8 Å². The molecule has 2 aromatic heterocycles. The number of oxazole rings is 1. The summed E-state index contributed by atoms with van der Waals surface area (Å²) in [6, 6.07) is 8.35. The first kappa shape index (κ1) is 14.0. The van der Waals surface area contributed by atoms with Crippen LogP contribution >= 0.6 is 11.3 Å². The van der Waals surface area contributed by atoms with Gasteiger partial charge in [0.2, 0.25) is 0 Å². The van der Waals surface area contributed by atoms with Gasteiger partial charge in [-0.2, -0.15) is 4.98 Å². The summed E-state index contributed by atoms with van der Waals surface area (Å²) in [5.41, 5.74) is 12.7. The van der Waals surface area contributed by atoms with Crippen molar-refractivity contribution in [3.8, 4) is 0 Å². The maximum atomic E-state index is 5.89. The Morgan fingerprint density at radius 1 is 1.00 bits per heavy atom. The lowest BCUT2D eigenvalue weighted by molar-refractivity contribution is 0.622. The fourth-order valence-electron chi connectivity index (χ4n) is 2.60. The number of aromatic nitrogens is 2. The summed E-state index contributed by atoms with van der Waals surface area (Å²) in [6.45, 7) is 6.13. The number of hydrogen-bond donors (Lipinski definition) is 2. The Morgan fingerprint density at radius 3 is 2.61 bits per heavy atom. The Labute approximate surface area is 137 Å². The van der Waals surface area contributed by atoms with Gasteiger partial charge in [-0.15, -0.1) is 0 Å². The predicted molar refractivity (Wildman–Crippen MR) is 95.5 cm³/mol. The number of aryl methyl sites for hydroxylation is 3. The molecule has 4 aromatic rings. The van der Waals surface area contributed by atoms with Crippen molar-refractivity contribution in [1.29, 1.82) is 0 Å². The van der Waals surface area contributed by atoms with Crippen LogP contribution < -0.4 is 11.1 Å². The van der Waals surface area contributed by atoms with Gasteiger partial charge >= 0.3 is 6.01 Å². The number of fused-ring (bicyclic) bond motifs is 2. The first-order valence-corrected chi connectivity index (χ1v) is 8.13. The van der Waals surface area contributed by atoms with E-state index in [1.165, 1.54) is 22.5 Å². The Hall–Kier alpha value is -2.60. The number of nitrogens with zero attached hydrogens (tertiary/aromatic N) is 2. The summed E-state index contributed by atoms with van der Waals surface area (Å²) in [6.07, 6.45) is 0. The highest BCUT2D eigenvalue weighted by atomic mass is 32.1. The van der Waals surface area contributed by atoms with E-state index in [9.17, 15) is 0 Å². The van der Waals surface area contributed by atoms with Crippen molar-refractivity contribution >= 4 is 49.5 Å². The first-order chi connectivity index (χ1) is 11.0. The van der Waals surface area contributed by atoms with E-state index in [2.05, 4.69) is 29.1 Å². The zero-order valence-corrected chi connectivity index (χ0v) is 13.9. The number of anilines is 3. The summed E-state index contributed by atoms with van der Waals surface area (Å²) < 4.78 is 6.83. The molecule has 2 aromatic carbocycles. The topological polar surface area (TPSA) is 77.0 Å². The quantitative estimate of drug-likeness (QED) is 0.523. The van der Waals surface area contributed by atoms with Crippen molar-refractivity contribution in [2.24, 2.45) is 0 Å². The third-order valence-corrected chi connectivity index (χ3v) is 4.84. The smallest absolute Gasteiger partial charge is 0.302 e. The van der Waals surface area contributed by atoms with Crippen molar-refractivity contribution in [3.05, 3.63) is 41.0 Å². The molecule has 5 nitrogen and oxygen atoms in total. The van der Waals surface area contributed by atoms with Gasteiger partial charge in [0.1, 0.15) is 5.52 Å². The van der Waals surface area contributed by atoms with Gasteiger partial charge < -0.3 is 10.2 Å². The van der Waals surface area contributed by atoms with E-state index in [1.54, 1.807) is 0 Å². The molecule has 0 amide bonds. The lowest BCUT2D eigenvalue weighted by Gasteiger charge is -1.96. The second-order valence-electron chi connectivity index (χ2n) is 5.75. The van der Waals surface area contributed by atoms with Crippen LogP contribution in [0.1, 0.15) is 16.7 Å². The minimum Gasteiger partial charge on any atom is -0.423 e. The number of hydrogen-bond acceptors (Lipinski definition) is 6. The van der Waals surface area contributed by atoms with E-state index < -0.39 is 0 Å². The molecule has 4 rings (SSSR count). The van der Waals surface area contributed by atoms with Crippen LogP contribution in [0.3, 0.4) is 0 Å². The van der Waals surface area contributed by atoms with Gasteiger partial charge in [0, 0.05) is 5.69 Å². The van der Waals surface area contributed by atoms with E-state index in [4.69, 9.17) is 10.2 Å². The minimum absolute atomic E-state index is 0.453. The minimum atomic E-state index is 0.453. The highest BCUT2D eigenvalue weighted by molar-refractivity contribution is 7.22. The molecule has 6 heteroatoms. The van der Waals surface area contributed by atoms with Gasteiger partial charge in [-0.3, -0.25) is 5.32 Å². The first-order valence-electron chi connectivity index (χ1n) is 7.31. The molecule has 0 aliphatic carbocycles. The molecule has 23 heavy (non-hydrogen) atoms. The molecule has 0 bridgehead atoms. The van der Waals surface area contributed by atoms with Crippen LogP contribution in [0.4, 0.5) is 16.8 Å². The number of thiazole rings is 1. The van der Waals surface area contributed by atoms with Crippen molar-refractivity contribution in [1.82, 2.24) is 9.97 Å². The van der Waals surface area contributed by atoms with Crippen LogP contribution in [0.2, 0.25) is 0 Å². The largest absolute Gasteiger partial charge is 0.423 e. The SMILES string of the molecule is Cc1cc2nc(Nc3nc4c(C)cc(N)cc4s3)oc2cc1C. The zero-order chi connectivity index (χ0) is 16.1. The summed E-state index contributed by atoms with van der Waals surface area (Å²) in [7, 11) is 0. The lowest BCUT2D eigenvalue weighted by atomic mass is 10.1. The molecule has 0 saturated carbocycles. The van der Waals surface area contributed by atoms with Gasteiger partial charge in [-0.25, -0.2) is 4.98 Å². The number of benzene rings is 2. The Kier molecular flexibility index (Phi) is 3.02. The molecule has 0 unspecified atom stereocenters. The van der Waals surface area contributed by atoms with E-state index in [0.29, 0.717) is 6.01 Å². The van der Waals surface area contributed by atoms with E-state index in [-0.39, 0.29) is 0 Å². The van der Waals surface area contributed by atoms with Crippen molar-refractivity contribution in [3.63, 3.8) is 0 Å². The van der Waals surface area contributed by atoms with E-state index >= 15 is 0 Å². The summed E-state index contributed by atoms with van der Waals surface area (Å²) in [4.78, 5) is 9.09. The molecule has 116 valence electrons. The number of nitrogens with one attached hydrogen (secondary N) is 1. The maximum Gasteiger partial charge on any atom is 0.302 e. The molecule has 0 fully saturated rings. The monoisotopic (exact) mass is 324 g/mol. The van der Waals surface area contributed by atoms with Gasteiger partial charge in [0.05, 0.1) is 10.2 Å². The fourth-order valence-corrected chi connectivity index (χ4v) is 3.58. The number of nitrogen functional groups attached to an aromatic ring is 1. The molecular formula is C17H16N4OS. The van der Waals surface area contributed by atoms with Crippen molar-refractivity contribution in [2.75, 3.05) is 11.1 Å². The highest BCUT2D eigenvalue weighted by Crippen LogP contribution is 2.32. The molecular weight excluding hydrogens is 308 g/mol. The third-order valence-electron chi connectivity index (χ3n) is 3.93. The average Bonchev–Trinajstić information content (AvgIpc) is 3.03. The Morgan fingerprint density at radius 2 is 1.78 bits per heavy atom.